The highest BCUT2D eigenvalue weighted by Gasteiger charge is 2.28. The van der Waals surface area contributed by atoms with E-state index < -0.39 is 9.84 Å². The van der Waals surface area contributed by atoms with Crippen molar-refractivity contribution in [3.8, 4) is 0 Å². The number of rotatable bonds is 3. The van der Waals surface area contributed by atoms with Crippen molar-refractivity contribution in [2.75, 3.05) is 6.26 Å². The minimum absolute atomic E-state index is 0.117. The first kappa shape index (κ1) is 15.3. The number of nitrogens with zero attached hydrogens (tertiary/aromatic N) is 3. The molecule has 0 saturated carbocycles. The van der Waals surface area contributed by atoms with Crippen molar-refractivity contribution in [3.63, 3.8) is 0 Å². The van der Waals surface area contributed by atoms with Gasteiger partial charge in [-0.2, -0.15) is 5.10 Å². The largest absolute Gasteiger partial charge is 0.233 e. The van der Waals surface area contributed by atoms with Crippen molar-refractivity contribution in [3.05, 3.63) is 47.2 Å². The average Bonchev–Trinajstić information content (AvgIpc) is 2.85. The minimum atomic E-state index is -3.76. The van der Waals surface area contributed by atoms with Gasteiger partial charge in [0.2, 0.25) is 9.84 Å². The molecule has 114 valence electrons. The molecule has 0 saturated heterocycles. The van der Waals surface area contributed by atoms with Crippen molar-refractivity contribution < 1.29 is 8.42 Å². The van der Waals surface area contributed by atoms with E-state index in [1.165, 1.54) is 28.4 Å². The maximum atomic E-state index is 13.0. The number of fused-ring (bicyclic) bond motifs is 1. The van der Waals surface area contributed by atoms with Gasteiger partial charge in [0, 0.05) is 16.9 Å². The molecule has 0 N–H and O–H groups in total. The molecule has 2 aromatic heterocycles. The number of aromatic nitrogens is 3. The Balaban J connectivity index is 2.35. The minimum Gasteiger partial charge on any atom is -0.233 e. The number of halogens is 1. The topological polar surface area (TPSA) is 64.3 Å². The van der Waals surface area contributed by atoms with E-state index in [-0.39, 0.29) is 9.79 Å². The lowest BCUT2D eigenvalue weighted by atomic mass is 10.4. The van der Waals surface area contributed by atoms with Crippen molar-refractivity contribution in [2.24, 2.45) is 0 Å². The third-order valence-electron chi connectivity index (χ3n) is 3.12. The number of hydrogen-bond acceptors (Lipinski definition) is 5. The Bertz CT molecular complexity index is 967. The molecular weight excluding hydrogens is 342 g/mol. The molecule has 2 heterocycles. The summed E-state index contributed by atoms with van der Waals surface area (Å²) in [4.78, 5) is 4.58. The summed E-state index contributed by atoms with van der Waals surface area (Å²) in [5.41, 5.74) is 1.05. The molecule has 8 heteroatoms. The van der Waals surface area contributed by atoms with Gasteiger partial charge in [0.1, 0.15) is 5.03 Å². The average molecular weight is 354 g/mol. The van der Waals surface area contributed by atoms with Gasteiger partial charge in [-0.25, -0.2) is 17.9 Å². The summed E-state index contributed by atoms with van der Waals surface area (Å²) in [6.07, 6.45) is 3.49. The second-order valence-electron chi connectivity index (χ2n) is 4.64. The van der Waals surface area contributed by atoms with E-state index in [9.17, 15) is 8.42 Å². The Labute approximate surface area is 137 Å². The van der Waals surface area contributed by atoms with Crippen molar-refractivity contribution >= 4 is 38.8 Å². The van der Waals surface area contributed by atoms with Crippen LogP contribution in [-0.2, 0) is 9.84 Å². The van der Waals surface area contributed by atoms with Crippen molar-refractivity contribution in [1.82, 2.24) is 14.6 Å². The molecule has 3 aromatic rings. The first-order valence-corrected chi connectivity index (χ1v) is 9.42. The van der Waals surface area contributed by atoms with Crippen LogP contribution in [0.2, 0.25) is 5.02 Å². The Morgan fingerprint density at radius 2 is 2.05 bits per heavy atom. The summed E-state index contributed by atoms with van der Waals surface area (Å²) in [6, 6.07) is 7.97. The van der Waals surface area contributed by atoms with Gasteiger partial charge < -0.3 is 0 Å². The Kier molecular flexibility index (Phi) is 3.88. The van der Waals surface area contributed by atoms with Gasteiger partial charge in [-0.05, 0) is 37.4 Å². The molecule has 3 rings (SSSR count). The first-order chi connectivity index (χ1) is 10.4. The Morgan fingerprint density at radius 3 is 2.73 bits per heavy atom. The van der Waals surface area contributed by atoms with Crippen LogP contribution in [-0.4, -0.2) is 29.3 Å². The third-order valence-corrected chi connectivity index (χ3v) is 5.95. The SMILES string of the molecule is CSc1nn2ccc(C)nc2c1S(=O)(=O)c1cccc(Cl)c1. The molecular formula is C14H12ClN3O2S2. The number of thioether (sulfide) groups is 1. The molecule has 0 aliphatic rings. The molecule has 22 heavy (non-hydrogen) atoms. The molecule has 0 bridgehead atoms. The van der Waals surface area contributed by atoms with Gasteiger partial charge in [-0.1, -0.05) is 17.7 Å². The number of hydrogen-bond donors (Lipinski definition) is 0. The lowest BCUT2D eigenvalue weighted by molar-refractivity contribution is 0.594. The molecule has 0 amide bonds. The van der Waals surface area contributed by atoms with Gasteiger partial charge in [0.15, 0.2) is 10.5 Å². The quantitative estimate of drug-likeness (QED) is 0.676. The second-order valence-corrected chi connectivity index (χ2v) is 7.75. The van der Waals surface area contributed by atoms with Gasteiger partial charge in [-0.15, -0.1) is 11.8 Å². The zero-order chi connectivity index (χ0) is 15.9. The third kappa shape index (κ3) is 2.49. The monoisotopic (exact) mass is 353 g/mol. The summed E-state index contributed by atoms with van der Waals surface area (Å²) < 4.78 is 27.5. The fraction of sp³-hybridized carbons (Fsp3) is 0.143. The molecule has 0 radical (unpaired) electrons. The van der Waals surface area contributed by atoms with Crippen LogP contribution >= 0.6 is 23.4 Å². The lowest BCUT2D eigenvalue weighted by Crippen LogP contribution is -2.04. The van der Waals surface area contributed by atoms with E-state index in [1.807, 2.05) is 6.92 Å². The van der Waals surface area contributed by atoms with Gasteiger partial charge in [0.25, 0.3) is 0 Å². The van der Waals surface area contributed by atoms with Crippen LogP contribution in [0.1, 0.15) is 5.69 Å². The van der Waals surface area contributed by atoms with Crippen LogP contribution in [0.25, 0.3) is 5.65 Å². The summed E-state index contributed by atoms with van der Waals surface area (Å²) >= 11 is 7.19. The lowest BCUT2D eigenvalue weighted by Gasteiger charge is -2.05. The van der Waals surface area contributed by atoms with Crippen LogP contribution in [0.5, 0.6) is 0 Å². The molecule has 5 nitrogen and oxygen atoms in total. The standard InChI is InChI=1S/C14H12ClN3O2S2/c1-9-6-7-18-13(16-9)12(14(17-18)21-2)22(19,20)11-5-3-4-10(15)8-11/h3-8H,1-2H3. The first-order valence-electron chi connectivity index (χ1n) is 6.34. The highest BCUT2D eigenvalue weighted by atomic mass is 35.5. The fourth-order valence-electron chi connectivity index (χ4n) is 2.10. The van der Waals surface area contributed by atoms with Gasteiger partial charge in [-0.3, -0.25) is 0 Å². The maximum absolute atomic E-state index is 13.0. The molecule has 0 fully saturated rings. The van der Waals surface area contributed by atoms with Crippen LogP contribution in [0.4, 0.5) is 0 Å². The second kappa shape index (κ2) is 5.57. The summed E-state index contributed by atoms with van der Waals surface area (Å²) in [5.74, 6) is 0. The zero-order valence-corrected chi connectivity index (χ0v) is 14.2. The van der Waals surface area contributed by atoms with Crippen LogP contribution in [0.15, 0.2) is 51.3 Å². The van der Waals surface area contributed by atoms with Crippen molar-refractivity contribution in [2.45, 2.75) is 21.7 Å². The zero-order valence-electron chi connectivity index (χ0n) is 11.8. The van der Waals surface area contributed by atoms with E-state index >= 15 is 0 Å². The normalized spacial score (nSPS) is 12.0. The predicted octanol–water partition coefficient (Wildman–Crippen LogP) is 3.25. The van der Waals surface area contributed by atoms with E-state index in [2.05, 4.69) is 10.1 Å². The molecule has 0 atom stereocenters. The predicted molar refractivity (Wildman–Crippen MR) is 86.4 cm³/mol. The fourth-order valence-corrected chi connectivity index (χ4v) is 4.81. The molecule has 0 unspecified atom stereocenters. The highest BCUT2D eigenvalue weighted by Crippen LogP contribution is 2.32. The molecule has 0 aliphatic heterocycles. The smallest absolute Gasteiger partial charge is 0.213 e. The van der Waals surface area contributed by atoms with E-state index in [1.54, 1.807) is 30.7 Å². The Morgan fingerprint density at radius 1 is 1.27 bits per heavy atom. The van der Waals surface area contributed by atoms with Crippen LogP contribution in [0.3, 0.4) is 0 Å². The molecule has 1 aromatic carbocycles. The van der Waals surface area contributed by atoms with Crippen molar-refractivity contribution in [1.29, 1.82) is 0 Å². The van der Waals surface area contributed by atoms with Gasteiger partial charge in [0.05, 0.1) is 4.90 Å². The van der Waals surface area contributed by atoms with Gasteiger partial charge >= 0.3 is 0 Å². The maximum Gasteiger partial charge on any atom is 0.213 e. The number of sulfone groups is 1. The molecule has 0 aliphatic carbocycles. The van der Waals surface area contributed by atoms with E-state index in [0.717, 1.165) is 5.69 Å². The number of benzene rings is 1. The Hall–Kier alpha value is -1.57. The summed E-state index contributed by atoms with van der Waals surface area (Å²) in [7, 11) is -3.76. The summed E-state index contributed by atoms with van der Waals surface area (Å²) in [6.45, 7) is 1.81. The van der Waals surface area contributed by atoms with Crippen LogP contribution in [0, 0.1) is 6.92 Å². The number of aryl methyl sites for hydroxylation is 1. The highest BCUT2D eigenvalue weighted by molar-refractivity contribution is 7.99. The van der Waals surface area contributed by atoms with E-state index in [4.69, 9.17) is 11.6 Å². The summed E-state index contributed by atoms with van der Waals surface area (Å²) in [5, 5.41) is 5.07. The molecule has 0 spiro atoms. The van der Waals surface area contributed by atoms with Crippen LogP contribution < -0.4 is 0 Å². The van der Waals surface area contributed by atoms with E-state index in [0.29, 0.717) is 15.7 Å².